The van der Waals surface area contributed by atoms with Crippen LogP contribution in [0.5, 0.6) is 0 Å². The van der Waals surface area contributed by atoms with Crippen molar-refractivity contribution in [2.45, 2.75) is 39.0 Å². The zero-order chi connectivity index (χ0) is 9.56. The predicted molar refractivity (Wildman–Crippen MR) is 49.9 cm³/mol. The average Bonchev–Trinajstić information content (AvgIpc) is 2.07. The van der Waals surface area contributed by atoms with Crippen LogP contribution in [0.1, 0.15) is 26.7 Å². The lowest BCUT2D eigenvalue weighted by molar-refractivity contribution is -0.124. The highest BCUT2D eigenvalue weighted by Crippen LogP contribution is 2.13. The molecule has 0 amide bonds. The fourth-order valence-corrected chi connectivity index (χ4v) is 1.33. The first-order chi connectivity index (χ1) is 5.67. The highest BCUT2D eigenvalue weighted by atomic mass is 16.7. The molecule has 0 bridgehead atoms. The Morgan fingerprint density at radius 2 is 1.75 bits per heavy atom. The smallest absolute Gasteiger partial charge is 0.172 e. The summed E-state index contributed by atoms with van der Waals surface area (Å²) in [5.74, 6) is 0.444. The fraction of sp³-hybridized carbons (Fsp3) is 1.00. The molecule has 0 saturated heterocycles. The van der Waals surface area contributed by atoms with Gasteiger partial charge < -0.3 is 15.2 Å². The molecular weight excluding hydrogens is 154 g/mol. The van der Waals surface area contributed by atoms with Gasteiger partial charge in [0.1, 0.15) is 0 Å². The van der Waals surface area contributed by atoms with Crippen LogP contribution in [0.15, 0.2) is 0 Å². The third-order valence-electron chi connectivity index (χ3n) is 2.18. The van der Waals surface area contributed by atoms with E-state index in [0.29, 0.717) is 5.92 Å². The van der Waals surface area contributed by atoms with Crippen LogP contribution in [-0.2, 0) is 9.47 Å². The highest BCUT2D eigenvalue weighted by Gasteiger charge is 2.21. The van der Waals surface area contributed by atoms with Gasteiger partial charge in [-0.15, -0.1) is 0 Å². The van der Waals surface area contributed by atoms with Crippen LogP contribution in [0.25, 0.3) is 0 Å². The Morgan fingerprint density at radius 3 is 2.08 bits per heavy atom. The van der Waals surface area contributed by atoms with Crippen molar-refractivity contribution in [1.29, 1.82) is 0 Å². The van der Waals surface area contributed by atoms with E-state index in [-0.39, 0.29) is 12.3 Å². The monoisotopic (exact) mass is 175 g/mol. The van der Waals surface area contributed by atoms with E-state index < -0.39 is 0 Å². The van der Waals surface area contributed by atoms with Gasteiger partial charge in [0.05, 0.1) is 6.04 Å². The molecule has 0 radical (unpaired) electrons. The Bertz CT molecular complexity index is 105. The Kier molecular flexibility index (Phi) is 6.34. The quantitative estimate of drug-likeness (QED) is 0.620. The predicted octanol–water partition coefficient (Wildman–Crippen LogP) is 1.37. The Balaban J connectivity index is 3.87. The first-order valence-corrected chi connectivity index (χ1v) is 4.48. The van der Waals surface area contributed by atoms with E-state index in [1.807, 2.05) is 0 Å². The number of ether oxygens (including phenoxy) is 2. The van der Waals surface area contributed by atoms with Crippen LogP contribution in [0, 0.1) is 5.92 Å². The lowest BCUT2D eigenvalue weighted by Gasteiger charge is -2.26. The zero-order valence-electron chi connectivity index (χ0n) is 8.54. The molecule has 0 aliphatic rings. The normalized spacial score (nSPS) is 16.5. The summed E-state index contributed by atoms with van der Waals surface area (Å²) in [7, 11) is 3.24. The van der Waals surface area contributed by atoms with Crippen molar-refractivity contribution in [1.82, 2.24) is 0 Å². The lowest BCUT2D eigenvalue weighted by atomic mass is 9.97. The van der Waals surface area contributed by atoms with E-state index in [0.717, 1.165) is 12.8 Å². The van der Waals surface area contributed by atoms with Gasteiger partial charge in [0, 0.05) is 14.2 Å². The van der Waals surface area contributed by atoms with Crippen molar-refractivity contribution in [3.8, 4) is 0 Å². The number of methoxy groups -OCH3 is 2. The van der Waals surface area contributed by atoms with Crippen LogP contribution < -0.4 is 5.73 Å². The maximum atomic E-state index is 5.92. The van der Waals surface area contributed by atoms with Crippen molar-refractivity contribution in [2.75, 3.05) is 14.2 Å². The first-order valence-electron chi connectivity index (χ1n) is 4.48. The zero-order valence-corrected chi connectivity index (χ0v) is 8.54. The Labute approximate surface area is 75.2 Å². The molecule has 3 nitrogen and oxygen atoms in total. The number of rotatable bonds is 6. The molecule has 12 heavy (non-hydrogen) atoms. The number of hydrogen-bond donors (Lipinski definition) is 1. The van der Waals surface area contributed by atoms with Gasteiger partial charge in [-0.05, 0) is 12.3 Å². The SMILES string of the molecule is CCCC(C)C(N)C(OC)OC. The van der Waals surface area contributed by atoms with Crippen molar-refractivity contribution >= 4 is 0 Å². The summed E-state index contributed by atoms with van der Waals surface area (Å²) < 4.78 is 10.2. The van der Waals surface area contributed by atoms with E-state index in [4.69, 9.17) is 15.2 Å². The molecule has 0 aliphatic carbocycles. The molecule has 0 rings (SSSR count). The van der Waals surface area contributed by atoms with Crippen molar-refractivity contribution in [3.05, 3.63) is 0 Å². The molecule has 0 aromatic heterocycles. The summed E-state index contributed by atoms with van der Waals surface area (Å²) >= 11 is 0. The first kappa shape index (κ1) is 11.9. The van der Waals surface area contributed by atoms with Gasteiger partial charge in [0.15, 0.2) is 6.29 Å². The van der Waals surface area contributed by atoms with Crippen molar-refractivity contribution in [3.63, 3.8) is 0 Å². The van der Waals surface area contributed by atoms with Gasteiger partial charge in [-0.1, -0.05) is 20.3 Å². The fourth-order valence-electron chi connectivity index (χ4n) is 1.33. The molecule has 2 N–H and O–H groups in total. The Hall–Kier alpha value is -0.120. The molecular formula is C9H21NO2. The van der Waals surface area contributed by atoms with Crippen LogP contribution in [0.4, 0.5) is 0 Å². The molecule has 0 spiro atoms. The molecule has 0 aliphatic heterocycles. The third kappa shape index (κ3) is 3.52. The maximum absolute atomic E-state index is 5.92. The third-order valence-corrected chi connectivity index (χ3v) is 2.18. The molecule has 0 aromatic rings. The summed E-state index contributed by atoms with van der Waals surface area (Å²) in [5, 5.41) is 0. The minimum absolute atomic E-state index is 0.0278. The van der Waals surface area contributed by atoms with E-state index in [1.165, 1.54) is 0 Å². The topological polar surface area (TPSA) is 44.5 Å². The van der Waals surface area contributed by atoms with E-state index in [9.17, 15) is 0 Å². The van der Waals surface area contributed by atoms with Gasteiger partial charge in [-0.3, -0.25) is 0 Å². The van der Waals surface area contributed by atoms with Gasteiger partial charge >= 0.3 is 0 Å². The average molecular weight is 175 g/mol. The number of hydrogen-bond acceptors (Lipinski definition) is 3. The van der Waals surface area contributed by atoms with Crippen molar-refractivity contribution < 1.29 is 9.47 Å². The molecule has 74 valence electrons. The van der Waals surface area contributed by atoms with Crippen LogP contribution in [0.3, 0.4) is 0 Å². The van der Waals surface area contributed by atoms with Gasteiger partial charge in [0.2, 0.25) is 0 Å². The summed E-state index contributed by atoms with van der Waals surface area (Å²) in [6, 6.07) is -0.0278. The van der Waals surface area contributed by atoms with E-state index >= 15 is 0 Å². The van der Waals surface area contributed by atoms with Gasteiger partial charge in [-0.25, -0.2) is 0 Å². The number of nitrogens with two attached hydrogens (primary N) is 1. The van der Waals surface area contributed by atoms with Gasteiger partial charge in [-0.2, -0.15) is 0 Å². The standard InChI is InChI=1S/C9H21NO2/c1-5-6-7(2)8(10)9(11-3)12-4/h7-9H,5-6,10H2,1-4H3. The second-order valence-corrected chi connectivity index (χ2v) is 3.18. The molecule has 3 heteroatoms. The minimum atomic E-state index is -0.272. The van der Waals surface area contributed by atoms with Crippen molar-refractivity contribution in [2.24, 2.45) is 11.7 Å². The molecule has 0 aromatic carbocycles. The maximum Gasteiger partial charge on any atom is 0.172 e. The van der Waals surface area contributed by atoms with Crippen LogP contribution >= 0.6 is 0 Å². The van der Waals surface area contributed by atoms with E-state index in [1.54, 1.807) is 14.2 Å². The second-order valence-electron chi connectivity index (χ2n) is 3.18. The summed E-state index contributed by atoms with van der Waals surface area (Å²) in [6.07, 6.45) is 1.99. The van der Waals surface area contributed by atoms with Crippen LogP contribution in [-0.4, -0.2) is 26.6 Å². The summed E-state index contributed by atoms with van der Waals surface area (Å²) in [6.45, 7) is 4.27. The summed E-state index contributed by atoms with van der Waals surface area (Å²) in [4.78, 5) is 0. The molecule has 0 fully saturated rings. The van der Waals surface area contributed by atoms with Crippen LogP contribution in [0.2, 0.25) is 0 Å². The summed E-state index contributed by atoms with van der Waals surface area (Å²) in [5.41, 5.74) is 5.92. The highest BCUT2D eigenvalue weighted by molar-refractivity contribution is 4.72. The largest absolute Gasteiger partial charge is 0.354 e. The van der Waals surface area contributed by atoms with Gasteiger partial charge in [0.25, 0.3) is 0 Å². The molecule has 2 unspecified atom stereocenters. The minimum Gasteiger partial charge on any atom is -0.354 e. The molecule has 0 heterocycles. The molecule has 2 atom stereocenters. The van der Waals surface area contributed by atoms with E-state index in [2.05, 4.69) is 13.8 Å². The lowest BCUT2D eigenvalue weighted by Crippen LogP contribution is -2.42. The molecule has 0 saturated carbocycles. The second kappa shape index (κ2) is 6.40. The Morgan fingerprint density at radius 1 is 1.25 bits per heavy atom.